The summed E-state index contributed by atoms with van der Waals surface area (Å²) in [5.74, 6) is 0.368. The highest BCUT2D eigenvalue weighted by Gasteiger charge is 2.30. The Balaban J connectivity index is 1.99. The van der Waals surface area contributed by atoms with Gasteiger partial charge in [0.25, 0.3) is 11.5 Å². The van der Waals surface area contributed by atoms with Crippen molar-refractivity contribution in [2.75, 3.05) is 0 Å². The molecule has 0 aromatic carbocycles. The van der Waals surface area contributed by atoms with E-state index in [9.17, 15) is 9.59 Å². The van der Waals surface area contributed by atoms with Crippen molar-refractivity contribution in [3.63, 3.8) is 0 Å². The molecule has 3 heterocycles. The molecule has 0 aliphatic carbocycles. The van der Waals surface area contributed by atoms with Crippen molar-refractivity contribution < 1.29 is 9.32 Å². The predicted octanol–water partition coefficient (Wildman–Crippen LogP) is 1.80. The molecule has 0 fully saturated rings. The van der Waals surface area contributed by atoms with Crippen molar-refractivity contribution in [2.45, 2.75) is 26.9 Å². The Kier molecular flexibility index (Phi) is 3.13. The van der Waals surface area contributed by atoms with Crippen LogP contribution in [0.4, 0.5) is 0 Å². The summed E-state index contributed by atoms with van der Waals surface area (Å²) < 4.78 is 6.44. The van der Waals surface area contributed by atoms with Gasteiger partial charge in [0.1, 0.15) is 10.8 Å². The average Bonchev–Trinajstić information content (AvgIpc) is 3.08. The van der Waals surface area contributed by atoms with Crippen molar-refractivity contribution in [1.82, 2.24) is 14.6 Å². The average molecular weight is 308 g/mol. The highest BCUT2D eigenvalue weighted by Crippen LogP contribution is 2.28. The van der Waals surface area contributed by atoms with Crippen LogP contribution < -0.4 is 5.56 Å². The lowest BCUT2D eigenvalue weighted by atomic mass is 10.1. The van der Waals surface area contributed by atoms with Gasteiger partial charge in [0.05, 0.1) is 6.54 Å². The molecule has 2 aromatic rings. The van der Waals surface area contributed by atoms with E-state index in [0.717, 1.165) is 16.8 Å². The fourth-order valence-electron chi connectivity index (χ4n) is 2.59. The Morgan fingerprint density at radius 1 is 1.38 bits per heavy atom. The van der Waals surface area contributed by atoms with Gasteiger partial charge in [-0.25, -0.2) is 0 Å². The molecule has 0 atom stereocenters. The van der Waals surface area contributed by atoms with Crippen LogP contribution in [0.15, 0.2) is 15.4 Å². The van der Waals surface area contributed by atoms with E-state index in [2.05, 4.69) is 5.16 Å². The summed E-state index contributed by atoms with van der Waals surface area (Å²) in [4.78, 5) is 26.0. The third kappa shape index (κ3) is 2.06. The molecule has 21 heavy (non-hydrogen) atoms. The molecule has 2 aromatic heterocycles. The third-order valence-corrected chi connectivity index (χ3v) is 4.30. The number of hydrogen-bond donors (Lipinski definition) is 0. The maximum atomic E-state index is 12.4. The number of halogens is 1. The first-order chi connectivity index (χ1) is 9.90. The van der Waals surface area contributed by atoms with Crippen molar-refractivity contribution in [3.05, 3.63) is 49.7 Å². The van der Waals surface area contributed by atoms with Gasteiger partial charge < -0.3 is 14.0 Å². The van der Waals surface area contributed by atoms with Crippen LogP contribution in [0.3, 0.4) is 0 Å². The molecule has 3 rings (SSSR count). The van der Waals surface area contributed by atoms with Crippen LogP contribution in [0.5, 0.6) is 0 Å². The Morgan fingerprint density at radius 3 is 2.71 bits per heavy atom. The van der Waals surface area contributed by atoms with Crippen molar-refractivity contribution in [3.8, 4) is 0 Å². The quantitative estimate of drug-likeness (QED) is 0.805. The molecule has 1 aliphatic heterocycles. The molecule has 0 radical (unpaired) electrons. The lowest BCUT2D eigenvalue weighted by Gasteiger charge is -2.13. The van der Waals surface area contributed by atoms with E-state index in [0.29, 0.717) is 18.8 Å². The van der Waals surface area contributed by atoms with Crippen LogP contribution in [0.1, 0.15) is 33.1 Å². The second-order valence-electron chi connectivity index (χ2n) is 5.21. The Labute approximate surface area is 125 Å². The zero-order chi connectivity index (χ0) is 15.3. The first kappa shape index (κ1) is 13.9. The molecule has 6 nitrogen and oxygen atoms in total. The molecule has 0 bridgehead atoms. The molecule has 7 heteroatoms. The van der Waals surface area contributed by atoms with E-state index < -0.39 is 0 Å². The summed E-state index contributed by atoms with van der Waals surface area (Å²) in [5.41, 5.74) is 2.51. The van der Waals surface area contributed by atoms with E-state index in [1.165, 1.54) is 4.57 Å². The Hall–Kier alpha value is -2.08. The van der Waals surface area contributed by atoms with Gasteiger partial charge in [-0.05, 0) is 25.0 Å². The molecular formula is C14H14ClN3O3. The van der Waals surface area contributed by atoms with Crippen molar-refractivity contribution in [2.24, 2.45) is 7.05 Å². The number of aromatic nitrogens is 2. The van der Waals surface area contributed by atoms with Gasteiger partial charge in [-0.2, -0.15) is 0 Å². The van der Waals surface area contributed by atoms with Crippen LogP contribution >= 0.6 is 11.6 Å². The molecule has 0 saturated heterocycles. The molecule has 0 spiro atoms. The molecular weight excluding hydrogens is 294 g/mol. The van der Waals surface area contributed by atoms with Crippen LogP contribution in [0.2, 0.25) is 5.02 Å². The Morgan fingerprint density at radius 2 is 2.10 bits per heavy atom. The molecule has 1 aliphatic rings. The minimum Gasteiger partial charge on any atom is -0.361 e. The molecule has 110 valence electrons. The SMILES string of the molecule is Cc1cc(C(=O)N2Cc3c(C)c(Cl)c(=O)n(C)c3C2)no1. The summed E-state index contributed by atoms with van der Waals surface area (Å²) in [6, 6.07) is 1.60. The lowest BCUT2D eigenvalue weighted by molar-refractivity contribution is 0.0739. The summed E-state index contributed by atoms with van der Waals surface area (Å²) in [6.07, 6.45) is 0. The standard InChI is InChI=1S/C14H14ClN3O3/c1-7-4-10(16-21-7)13(19)18-5-9-8(2)12(15)14(20)17(3)11(9)6-18/h4H,5-6H2,1-3H3. The molecule has 0 saturated carbocycles. The van der Waals surface area contributed by atoms with Gasteiger partial charge in [-0.15, -0.1) is 0 Å². The fraction of sp³-hybridized carbons (Fsp3) is 0.357. The number of fused-ring (bicyclic) bond motifs is 1. The van der Waals surface area contributed by atoms with Crippen LogP contribution in [-0.2, 0) is 20.1 Å². The normalized spacial score (nSPS) is 13.6. The van der Waals surface area contributed by atoms with E-state index >= 15 is 0 Å². The molecule has 0 unspecified atom stereocenters. The smallest absolute Gasteiger partial charge is 0.276 e. The topological polar surface area (TPSA) is 68.3 Å². The minimum absolute atomic E-state index is 0.211. The summed E-state index contributed by atoms with van der Waals surface area (Å²) >= 11 is 6.05. The number of nitrogens with zero attached hydrogens (tertiary/aromatic N) is 3. The van der Waals surface area contributed by atoms with Gasteiger partial charge in [0.15, 0.2) is 5.69 Å². The van der Waals surface area contributed by atoms with Gasteiger partial charge in [0, 0.05) is 25.4 Å². The number of carbonyl (C=O) groups is 1. The van der Waals surface area contributed by atoms with Gasteiger partial charge in [0.2, 0.25) is 0 Å². The highest BCUT2D eigenvalue weighted by molar-refractivity contribution is 6.31. The zero-order valence-corrected chi connectivity index (χ0v) is 12.7. The Bertz CT molecular complexity index is 807. The number of rotatable bonds is 1. The number of amides is 1. The number of carbonyl (C=O) groups excluding carboxylic acids is 1. The van der Waals surface area contributed by atoms with E-state index in [-0.39, 0.29) is 22.2 Å². The second kappa shape index (κ2) is 4.73. The van der Waals surface area contributed by atoms with E-state index in [4.69, 9.17) is 16.1 Å². The number of aryl methyl sites for hydroxylation is 1. The highest BCUT2D eigenvalue weighted by atomic mass is 35.5. The summed E-state index contributed by atoms with van der Waals surface area (Å²) in [5, 5.41) is 3.95. The first-order valence-electron chi connectivity index (χ1n) is 6.49. The van der Waals surface area contributed by atoms with E-state index in [1.807, 2.05) is 0 Å². The maximum Gasteiger partial charge on any atom is 0.276 e. The monoisotopic (exact) mass is 307 g/mol. The number of pyridine rings is 1. The lowest BCUT2D eigenvalue weighted by Crippen LogP contribution is -2.26. The second-order valence-corrected chi connectivity index (χ2v) is 5.59. The van der Waals surface area contributed by atoms with Crippen molar-refractivity contribution in [1.29, 1.82) is 0 Å². The van der Waals surface area contributed by atoms with Crippen molar-refractivity contribution >= 4 is 17.5 Å². The fourth-order valence-corrected chi connectivity index (χ4v) is 2.83. The number of hydrogen-bond acceptors (Lipinski definition) is 4. The first-order valence-corrected chi connectivity index (χ1v) is 6.87. The molecule has 0 N–H and O–H groups in total. The van der Waals surface area contributed by atoms with Crippen LogP contribution in [-0.4, -0.2) is 20.5 Å². The predicted molar refractivity (Wildman–Crippen MR) is 76.2 cm³/mol. The van der Waals surface area contributed by atoms with E-state index in [1.54, 1.807) is 31.9 Å². The largest absolute Gasteiger partial charge is 0.361 e. The summed E-state index contributed by atoms with van der Waals surface area (Å²) in [7, 11) is 1.67. The van der Waals surface area contributed by atoms with Gasteiger partial charge in [-0.1, -0.05) is 16.8 Å². The van der Waals surface area contributed by atoms with Gasteiger partial charge in [-0.3, -0.25) is 9.59 Å². The third-order valence-electron chi connectivity index (χ3n) is 3.85. The minimum atomic E-state index is -0.237. The zero-order valence-electron chi connectivity index (χ0n) is 11.9. The maximum absolute atomic E-state index is 12.4. The van der Waals surface area contributed by atoms with Crippen LogP contribution in [0, 0.1) is 13.8 Å². The summed E-state index contributed by atoms with van der Waals surface area (Å²) in [6.45, 7) is 4.32. The molecule has 1 amide bonds. The van der Waals surface area contributed by atoms with Crippen LogP contribution in [0.25, 0.3) is 0 Å². The van der Waals surface area contributed by atoms with Gasteiger partial charge >= 0.3 is 0 Å².